The molecule has 1 aliphatic carbocycles. The highest BCUT2D eigenvalue weighted by Crippen LogP contribution is 2.00. The molecule has 0 bridgehead atoms. The van der Waals surface area contributed by atoms with Crippen molar-refractivity contribution < 1.29 is 9.90 Å². The van der Waals surface area contributed by atoms with Crippen molar-refractivity contribution in [3.8, 4) is 0 Å². The number of aliphatic hydroxyl groups is 1. The molecule has 0 saturated heterocycles. The van der Waals surface area contributed by atoms with Crippen molar-refractivity contribution in [3.63, 3.8) is 0 Å². The van der Waals surface area contributed by atoms with Gasteiger partial charge in [0.1, 0.15) is 6.08 Å². The highest BCUT2D eigenvalue weighted by atomic mass is 16.3. The Kier molecular flexibility index (Phi) is 1.10. The maximum Gasteiger partial charge on any atom is 0.350 e. The van der Waals surface area contributed by atoms with Crippen LogP contribution in [0.4, 0.5) is 0 Å². The molecule has 0 unspecified atom stereocenters. The first-order chi connectivity index (χ1) is 3.79. The standard InChI is InChI=1S/C6H4O2/c7-5-2-1-3-6(8)4-5/h1-2H,3H2/p+1. The highest BCUT2D eigenvalue weighted by Gasteiger charge is 2.13. The Morgan fingerprint density at radius 3 is 2.88 bits per heavy atom. The van der Waals surface area contributed by atoms with Gasteiger partial charge in [-0.15, -0.1) is 0 Å². The molecule has 2 nitrogen and oxygen atoms in total. The van der Waals surface area contributed by atoms with Gasteiger partial charge < -0.3 is 5.11 Å². The zero-order valence-electron chi connectivity index (χ0n) is 4.22. The molecule has 8 heavy (non-hydrogen) atoms. The molecular weight excluding hydrogens is 104 g/mol. The van der Waals surface area contributed by atoms with E-state index in [4.69, 9.17) is 5.11 Å². The molecule has 40 valence electrons. The van der Waals surface area contributed by atoms with Gasteiger partial charge in [-0.2, -0.15) is 0 Å². The number of Topliss-reactive ketones (excluding diaryl/α,β-unsaturated/α-hetero) is 1. The Morgan fingerprint density at radius 1 is 1.75 bits per heavy atom. The number of carbonyl (C=O) groups excluding carboxylic acids is 1. The van der Waals surface area contributed by atoms with Crippen LogP contribution in [0.15, 0.2) is 17.9 Å². The predicted octanol–water partition coefficient (Wildman–Crippen LogP) is 0.760. The third kappa shape index (κ3) is 0.922. The van der Waals surface area contributed by atoms with Gasteiger partial charge in [0, 0.05) is 6.08 Å². The molecule has 1 rings (SSSR count). The number of carbonyl (C=O) groups is 1. The summed E-state index contributed by atoms with van der Waals surface area (Å²) in [7, 11) is 0. The molecule has 2 heteroatoms. The summed E-state index contributed by atoms with van der Waals surface area (Å²) in [4.78, 5) is 10.3. The molecule has 1 N–H and O–H groups in total. The van der Waals surface area contributed by atoms with Gasteiger partial charge in [0.2, 0.25) is 0 Å². The summed E-state index contributed by atoms with van der Waals surface area (Å²) in [6.07, 6.45) is 5.66. The summed E-state index contributed by atoms with van der Waals surface area (Å²) < 4.78 is 0. The molecule has 0 saturated carbocycles. The minimum Gasteiger partial charge on any atom is -0.470 e. The first-order valence-electron chi connectivity index (χ1n) is 2.31. The van der Waals surface area contributed by atoms with E-state index in [9.17, 15) is 4.79 Å². The Bertz CT molecular complexity index is 165. The van der Waals surface area contributed by atoms with Crippen LogP contribution in [0.5, 0.6) is 0 Å². The molecule has 0 aromatic heterocycles. The Labute approximate surface area is 47.1 Å². The van der Waals surface area contributed by atoms with E-state index >= 15 is 0 Å². The fourth-order valence-electron chi connectivity index (χ4n) is 0.513. The monoisotopic (exact) mass is 109 g/mol. The molecule has 0 atom stereocenters. The van der Waals surface area contributed by atoms with E-state index in [0.717, 1.165) is 0 Å². The van der Waals surface area contributed by atoms with Crippen molar-refractivity contribution in [1.29, 1.82) is 0 Å². The lowest BCUT2D eigenvalue weighted by molar-refractivity contribution is -0.114. The molecule has 0 radical (unpaired) electrons. The number of hydrogen-bond acceptors (Lipinski definition) is 2. The van der Waals surface area contributed by atoms with Crippen molar-refractivity contribution >= 4 is 5.78 Å². The lowest BCUT2D eigenvalue weighted by atomic mass is 10.1. The van der Waals surface area contributed by atoms with Crippen molar-refractivity contribution in [2.75, 3.05) is 0 Å². The van der Waals surface area contributed by atoms with Gasteiger partial charge in [-0.1, -0.05) is 0 Å². The minimum absolute atomic E-state index is 0.0683. The molecule has 0 heterocycles. The van der Waals surface area contributed by atoms with Crippen LogP contribution in [-0.4, -0.2) is 10.9 Å². The fourth-order valence-corrected chi connectivity index (χ4v) is 0.513. The number of allylic oxidation sites excluding steroid dienone is 3. The average molecular weight is 109 g/mol. The zero-order valence-corrected chi connectivity index (χ0v) is 4.22. The normalized spacial score (nSPS) is 17.5. The summed E-state index contributed by atoms with van der Waals surface area (Å²) in [5.74, 6) is -0.230. The van der Waals surface area contributed by atoms with Crippen LogP contribution >= 0.6 is 0 Å². The smallest absolute Gasteiger partial charge is 0.350 e. The summed E-state index contributed by atoms with van der Waals surface area (Å²) in [5.41, 5.74) is 0. The second-order valence-corrected chi connectivity index (χ2v) is 1.54. The molecule has 0 aromatic carbocycles. The van der Waals surface area contributed by atoms with E-state index in [2.05, 4.69) is 6.08 Å². The van der Waals surface area contributed by atoms with Crippen molar-refractivity contribution in [2.45, 2.75) is 6.42 Å². The van der Waals surface area contributed by atoms with Crippen molar-refractivity contribution in [3.05, 3.63) is 24.0 Å². The second kappa shape index (κ2) is 1.76. The van der Waals surface area contributed by atoms with Crippen LogP contribution in [0.1, 0.15) is 6.42 Å². The van der Waals surface area contributed by atoms with Gasteiger partial charge in [-0.05, 0) is 0 Å². The van der Waals surface area contributed by atoms with E-state index < -0.39 is 0 Å². The van der Waals surface area contributed by atoms with Gasteiger partial charge in [-0.25, -0.2) is 0 Å². The Balaban J connectivity index is 2.77. The third-order valence-corrected chi connectivity index (χ3v) is 0.846. The quantitative estimate of drug-likeness (QED) is 0.466. The maximum atomic E-state index is 10.3. The number of hydrogen-bond donors (Lipinski definition) is 1. The SMILES string of the molecule is O=C1[C+]=C(O)C=CC1. The summed E-state index contributed by atoms with van der Waals surface area (Å²) in [6, 6.07) is 0. The van der Waals surface area contributed by atoms with Gasteiger partial charge >= 0.3 is 11.5 Å². The Hall–Kier alpha value is -1.14. The predicted molar refractivity (Wildman–Crippen MR) is 28.1 cm³/mol. The topological polar surface area (TPSA) is 37.3 Å². The van der Waals surface area contributed by atoms with E-state index in [1.165, 1.54) is 6.08 Å². The summed E-state index contributed by atoms with van der Waals surface area (Å²) in [6.45, 7) is 0. The van der Waals surface area contributed by atoms with Crippen LogP contribution in [0.25, 0.3) is 0 Å². The molecule has 0 amide bonds. The molecule has 0 aromatic rings. The van der Waals surface area contributed by atoms with Crippen LogP contribution in [0.2, 0.25) is 0 Å². The third-order valence-electron chi connectivity index (χ3n) is 0.846. The first kappa shape index (κ1) is 5.01. The maximum absolute atomic E-state index is 10.3. The van der Waals surface area contributed by atoms with E-state index in [1.807, 2.05) is 0 Å². The zero-order chi connectivity index (χ0) is 5.98. The van der Waals surface area contributed by atoms with Crippen LogP contribution < -0.4 is 0 Å². The van der Waals surface area contributed by atoms with Gasteiger partial charge in [0.25, 0.3) is 0 Å². The molecular formula is C6H5O2+. The van der Waals surface area contributed by atoms with Crippen LogP contribution in [0.3, 0.4) is 0 Å². The molecule has 0 spiro atoms. The molecule has 0 aliphatic heterocycles. The first-order valence-corrected chi connectivity index (χ1v) is 2.31. The fraction of sp³-hybridized carbons (Fsp3) is 0.167. The van der Waals surface area contributed by atoms with Crippen molar-refractivity contribution in [2.24, 2.45) is 0 Å². The number of rotatable bonds is 0. The second-order valence-electron chi connectivity index (χ2n) is 1.54. The number of aliphatic hydroxyl groups excluding tert-OH is 1. The number of ketones is 1. The van der Waals surface area contributed by atoms with Gasteiger partial charge in [-0.3, -0.25) is 4.79 Å². The molecule has 1 aliphatic rings. The summed E-state index contributed by atoms with van der Waals surface area (Å²) in [5, 5.41) is 8.58. The minimum atomic E-state index is -0.162. The van der Waals surface area contributed by atoms with Crippen LogP contribution in [0, 0.1) is 6.08 Å². The van der Waals surface area contributed by atoms with E-state index in [0.29, 0.717) is 6.42 Å². The van der Waals surface area contributed by atoms with Crippen LogP contribution in [-0.2, 0) is 4.79 Å². The molecule has 0 fully saturated rings. The highest BCUT2D eigenvalue weighted by molar-refractivity contribution is 5.88. The lowest BCUT2D eigenvalue weighted by Crippen LogP contribution is -1.96. The summed E-state index contributed by atoms with van der Waals surface area (Å²) >= 11 is 0. The lowest BCUT2D eigenvalue weighted by Gasteiger charge is -1.82. The van der Waals surface area contributed by atoms with E-state index in [-0.39, 0.29) is 11.5 Å². The largest absolute Gasteiger partial charge is 0.470 e. The Morgan fingerprint density at radius 2 is 2.50 bits per heavy atom. The average Bonchev–Trinajstić information content (AvgIpc) is 1.64. The van der Waals surface area contributed by atoms with Gasteiger partial charge in [0.05, 0.1) is 6.42 Å². The van der Waals surface area contributed by atoms with Gasteiger partial charge in [0.15, 0.2) is 6.08 Å². The van der Waals surface area contributed by atoms with E-state index in [1.54, 1.807) is 6.08 Å². The van der Waals surface area contributed by atoms with Crippen molar-refractivity contribution in [1.82, 2.24) is 0 Å².